The van der Waals surface area contributed by atoms with Crippen LogP contribution in [-0.2, 0) is 24.0 Å². The van der Waals surface area contributed by atoms with Gasteiger partial charge in [-0.2, -0.15) is 0 Å². The fraction of sp³-hybridized carbons (Fsp3) is 0.583. The Morgan fingerprint density at radius 1 is 0.864 bits per heavy atom. The van der Waals surface area contributed by atoms with Gasteiger partial charge in [0.15, 0.2) is 0 Å². The molecule has 0 bridgehead atoms. The molecule has 0 aromatic carbocycles. The van der Waals surface area contributed by atoms with E-state index < -0.39 is 30.3 Å². The number of carbonyl (C=O) groups is 5. The number of Topliss-reactive ketones (excluding diaryl/α,β-unsaturated/α-hetero) is 1. The van der Waals surface area contributed by atoms with Gasteiger partial charge in [-0.15, -0.1) is 0 Å². The molecule has 0 rings (SSSR count). The van der Waals surface area contributed by atoms with Gasteiger partial charge in [0.05, 0.1) is 0 Å². The number of ketones is 1. The second-order valence-electron chi connectivity index (χ2n) is 3.34. The van der Waals surface area contributed by atoms with Gasteiger partial charge in [-0.1, -0.05) is 6.92 Å². The zero-order valence-corrected chi connectivity index (χ0v) is 14.1. The number of aliphatic carboxylic acids is 4. The molecule has 0 aromatic heterocycles. The molecule has 0 atom stereocenters. The maximum Gasteiger partial charge on any atom is 3.00 e. The average molecular weight is 334 g/mol. The van der Waals surface area contributed by atoms with E-state index in [0.717, 1.165) is 20.8 Å². The van der Waals surface area contributed by atoms with Crippen LogP contribution in [-0.4, -0.2) is 52.1 Å². The molecule has 0 amide bonds. The molecule has 0 fully saturated rings. The second-order valence-corrected chi connectivity index (χ2v) is 3.34. The Morgan fingerprint density at radius 2 is 1.09 bits per heavy atom. The third-order valence-corrected chi connectivity index (χ3v) is 0.870. The van der Waals surface area contributed by atoms with Gasteiger partial charge in [0.25, 0.3) is 5.97 Å². The van der Waals surface area contributed by atoms with Gasteiger partial charge in [-0.3, -0.25) is 9.59 Å². The van der Waals surface area contributed by atoms with Crippen LogP contribution in [0.3, 0.4) is 0 Å². The minimum Gasteiger partial charge on any atom is -0.550 e. The van der Waals surface area contributed by atoms with Crippen LogP contribution in [0, 0.1) is 0 Å². The van der Waals surface area contributed by atoms with Crippen LogP contribution in [0.4, 0.5) is 0 Å². The zero-order chi connectivity index (χ0) is 18.0. The normalized spacial score (nSPS) is 7.09. The molecule has 0 heterocycles. The van der Waals surface area contributed by atoms with E-state index in [2.05, 4.69) is 0 Å². The summed E-state index contributed by atoms with van der Waals surface area (Å²) in [6.07, 6.45) is 0.605. The molecule has 0 aromatic rings. The summed E-state index contributed by atoms with van der Waals surface area (Å²) in [6, 6.07) is 0. The predicted octanol–water partition coefficient (Wildman–Crippen LogP) is -3.28. The Morgan fingerprint density at radius 3 is 1.23 bits per heavy atom. The SMILES string of the molecule is CC(=O)O.CC(=O)[O-].CC(=O)[O-].CCCC(=O)CC(=O)[O-].[Al+3]. The molecule has 0 aliphatic heterocycles. The van der Waals surface area contributed by atoms with E-state index in [1.807, 2.05) is 6.92 Å². The van der Waals surface area contributed by atoms with Crippen LogP contribution in [0.5, 0.6) is 0 Å². The maximum atomic E-state index is 10.4. The molecule has 0 spiro atoms. The van der Waals surface area contributed by atoms with Gasteiger partial charge in [0.1, 0.15) is 5.78 Å². The number of hydrogen-bond donors (Lipinski definition) is 1. The number of rotatable bonds is 4. The van der Waals surface area contributed by atoms with Crippen molar-refractivity contribution in [3.05, 3.63) is 0 Å². The van der Waals surface area contributed by atoms with Crippen LogP contribution in [0.1, 0.15) is 47.0 Å². The van der Waals surface area contributed by atoms with Gasteiger partial charge >= 0.3 is 17.4 Å². The van der Waals surface area contributed by atoms with Crippen LogP contribution in [0.15, 0.2) is 0 Å². The smallest absolute Gasteiger partial charge is 0.550 e. The third kappa shape index (κ3) is 204. The molecule has 0 radical (unpaired) electrons. The molecule has 1 N–H and O–H groups in total. The van der Waals surface area contributed by atoms with E-state index in [-0.39, 0.29) is 23.1 Å². The minimum atomic E-state index is -1.28. The summed E-state index contributed by atoms with van der Waals surface area (Å²) in [7, 11) is 0. The Hall–Kier alpha value is -1.92. The Bertz CT molecular complexity index is 299. The van der Waals surface area contributed by atoms with Gasteiger partial charge in [0.2, 0.25) is 0 Å². The Labute approximate surface area is 139 Å². The summed E-state index contributed by atoms with van der Waals surface area (Å²) in [4.78, 5) is 47.0. The molecule has 10 heteroatoms. The summed E-state index contributed by atoms with van der Waals surface area (Å²) in [5, 5.41) is 34.9. The van der Waals surface area contributed by atoms with Crippen molar-refractivity contribution in [2.45, 2.75) is 47.0 Å². The molecule has 0 aliphatic rings. The van der Waals surface area contributed by atoms with E-state index in [1.165, 1.54) is 0 Å². The first kappa shape index (κ1) is 32.1. The largest absolute Gasteiger partial charge is 3.00 e. The van der Waals surface area contributed by atoms with Gasteiger partial charge in [0, 0.05) is 37.7 Å². The van der Waals surface area contributed by atoms with E-state index >= 15 is 0 Å². The van der Waals surface area contributed by atoms with Crippen LogP contribution < -0.4 is 15.3 Å². The first-order chi connectivity index (χ1) is 9.36. The van der Waals surface area contributed by atoms with E-state index in [4.69, 9.17) is 29.7 Å². The standard InChI is InChI=1S/C6H10O3.3C2H4O2.Al/c1-2-3-5(7)4-6(8)9;3*1-2(3)4;/h2-4H2,1H3,(H,8,9);3*1H3,(H,3,4);/q;;;;+3/p-3. The first-order valence-electron chi connectivity index (χ1n) is 5.62. The number of hydrogen-bond acceptors (Lipinski definition) is 8. The second kappa shape index (κ2) is 24.1. The van der Waals surface area contributed by atoms with Crippen LogP contribution in [0.25, 0.3) is 0 Å². The summed E-state index contributed by atoms with van der Waals surface area (Å²) in [5.74, 6) is -4.54. The van der Waals surface area contributed by atoms with Crippen molar-refractivity contribution < 1.29 is 44.4 Å². The first-order valence-corrected chi connectivity index (χ1v) is 5.62. The number of carbonyl (C=O) groups excluding carboxylic acids is 4. The monoisotopic (exact) mass is 334 g/mol. The topological polar surface area (TPSA) is 175 Å². The van der Waals surface area contributed by atoms with E-state index in [1.54, 1.807) is 0 Å². The summed E-state index contributed by atoms with van der Waals surface area (Å²) >= 11 is 0. The molecule has 0 unspecified atom stereocenters. The van der Waals surface area contributed by atoms with Crippen molar-refractivity contribution >= 4 is 47.0 Å². The summed E-state index contributed by atoms with van der Waals surface area (Å²) in [6.45, 7) is 4.85. The Kier molecular flexibility index (Phi) is 35.3. The molecule has 0 saturated heterocycles. The van der Waals surface area contributed by atoms with Crippen molar-refractivity contribution in [3.63, 3.8) is 0 Å². The molecule has 124 valence electrons. The maximum absolute atomic E-state index is 10.4. The summed E-state index contributed by atoms with van der Waals surface area (Å²) < 4.78 is 0. The molecule has 0 aliphatic carbocycles. The van der Waals surface area contributed by atoms with E-state index in [9.17, 15) is 14.7 Å². The molecular formula is C12H19AlO9. The molecule has 0 saturated carbocycles. The molecular weight excluding hydrogens is 315 g/mol. The third-order valence-electron chi connectivity index (χ3n) is 0.870. The van der Waals surface area contributed by atoms with Gasteiger partial charge in [-0.25, -0.2) is 0 Å². The minimum absolute atomic E-state index is 0. The number of carboxylic acids is 4. The zero-order valence-electron chi connectivity index (χ0n) is 12.9. The fourth-order valence-electron chi connectivity index (χ4n) is 0.528. The van der Waals surface area contributed by atoms with Gasteiger partial charge < -0.3 is 34.8 Å². The Balaban J connectivity index is -0.0000000632. The number of carboxylic acid groups (broad SMARTS) is 4. The van der Waals surface area contributed by atoms with Crippen molar-refractivity contribution in [1.82, 2.24) is 0 Å². The van der Waals surface area contributed by atoms with Gasteiger partial charge in [-0.05, 0) is 20.3 Å². The van der Waals surface area contributed by atoms with Crippen molar-refractivity contribution in [2.75, 3.05) is 0 Å². The molecule has 9 nitrogen and oxygen atoms in total. The summed E-state index contributed by atoms with van der Waals surface area (Å²) in [5.41, 5.74) is 0. The quantitative estimate of drug-likeness (QED) is 0.408. The average Bonchev–Trinajstić information content (AvgIpc) is 2.12. The van der Waals surface area contributed by atoms with Crippen molar-refractivity contribution in [2.24, 2.45) is 0 Å². The fourth-order valence-corrected chi connectivity index (χ4v) is 0.528. The van der Waals surface area contributed by atoms with Crippen molar-refractivity contribution in [3.8, 4) is 0 Å². The molecule has 22 heavy (non-hydrogen) atoms. The van der Waals surface area contributed by atoms with Crippen LogP contribution in [0.2, 0.25) is 0 Å². The van der Waals surface area contributed by atoms with Crippen molar-refractivity contribution in [1.29, 1.82) is 0 Å². The van der Waals surface area contributed by atoms with E-state index in [0.29, 0.717) is 12.8 Å². The van der Waals surface area contributed by atoms with Crippen LogP contribution >= 0.6 is 0 Å². The predicted molar refractivity (Wildman–Crippen MR) is 70.0 cm³/mol.